The van der Waals surface area contributed by atoms with Crippen molar-refractivity contribution in [1.29, 1.82) is 0 Å². The van der Waals surface area contributed by atoms with E-state index in [4.69, 9.17) is 9.47 Å². The molecule has 0 radical (unpaired) electrons. The van der Waals surface area contributed by atoms with Crippen molar-refractivity contribution in [2.75, 3.05) is 32.8 Å². The number of rotatable bonds is 7. The lowest BCUT2D eigenvalue weighted by atomic mass is 9.98. The summed E-state index contributed by atoms with van der Waals surface area (Å²) in [7, 11) is 0. The second kappa shape index (κ2) is 8.92. The number of carbonyl (C=O) groups excluding carboxylic acids is 1. The highest BCUT2D eigenvalue weighted by atomic mass is 16.5. The van der Waals surface area contributed by atoms with Gasteiger partial charge in [0.2, 0.25) is 0 Å². The third-order valence-corrected chi connectivity index (χ3v) is 4.56. The Balaban J connectivity index is 1.71. The summed E-state index contributed by atoms with van der Waals surface area (Å²) in [6.45, 7) is 10.1. The van der Waals surface area contributed by atoms with Gasteiger partial charge < -0.3 is 14.4 Å². The van der Waals surface area contributed by atoms with Crippen LogP contribution in [0.2, 0.25) is 0 Å². The summed E-state index contributed by atoms with van der Waals surface area (Å²) < 4.78 is 11.1. The summed E-state index contributed by atoms with van der Waals surface area (Å²) in [4.78, 5) is 14.2. The Bertz CT molecular complexity index is 515. The number of hydrogen-bond acceptors (Lipinski definition) is 4. The molecule has 23 heavy (non-hydrogen) atoms. The molecule has 0 aliphatic carbocycles. The molecule has 2 rings (SSSR count). The second-order valence-electron chi connectivity index (χ2n) is 6.29. The number of carbonyl (C=O) groups is 1. The minimum Gasteiger partial charge on any atom is -0.493 e. The minimum absolute atomic E-state index is 0.0381. The molecule has 0 aromatic heterocycles. The lowest BCUT2D eigenvalue weighted by Crippen LogP contribution is -2.40. The SMILES string of the molecule is CCOC(=O)[C@H]1CCCN(CCCOc2cccc(C)c2C)C1. The van der Waals surface area contributed by atoms with Gasteiger partial charge in [0.05, 0.1) is 19.1 Å². The fraction of sp³-hybridized carbons (Fsp3) is 0.632. The number of likely N-dealkylation sites (tertiary alicyclic amines) is 1. The first-order chi connectivity index (χ1) is 11.1. The summed E-state index contributed by atoms with van der Waals surface area (Å²) in [6.07, 6.45) is 3.00. The molecule has 1 saturated heterocycles. The van der Waals surface area contributed by atoms with Crippen molar-refractivity contribution in [3.63, 3.8) is 0 Å². The van der Waals surface area contributed by atoms with E-state index in [-0.39, 0.29) is 11.9 Å². The van der Waals surface area contributed by atoms with Gasteiger partial charge in [-0.25, -0.2) is 0 Å². The van der Waals surface area contributed by atoms with Crippen LogP contribution in [-0.4, -0.2) is 43.7 Å². The highest BCUT2D eigenvalue weighted by molar-refractivity contribution is 5.72. The molecule has 1 atom stereocenters. The first-order valence-electron chi connectivity index (χ1n) is 8.69. The zero-order valence-electron chi connectivity index (χ0n) is 14.6. The van der Waals surface area contributed by atoms with E-state index in [0.29, 0.717) is 13.2 Å². The van der Waals surface area contributed by atoms with Crippen LogP contribution in [-0.2, 0) is 9.53 Å². The fourth-order valence-corrected chi connectivity index (χ4v) is 3.06. The molecule has 0 spiro atoms. The zero-order valence-corrected chi connectivity index (χ0v) is 14.6. The van der Waals surface area contributed by atoms with Gasteiger partial charge in [0.1, 0.15) is 5.75 Å². The topological polar surface area (TPSA) is 38.8 Å². The van der Waals surface area contributed by atoms with E-state index in [1.54, 1.807) is 0 Å². The lowest BCUT2D eigenvalue weighted by Gasteiger charge is -2.31. The molecule has 1 fully saturated rings. The largest absolute Gasteiger partial charge is 0.493 e. The van der Waals surface area contributed by atoms with Gasteiger partial charge in [0, 0.05) is 13.1 Å². The van der Waals surface area contributed by atoms with Gasteiger partial charge in [-0.3, -0.25) is 4.79 Å². The Kier molecular flexibility index (Phi) is 6.90. The molecule has 1 aromatic rings. The standard InChI is InChI=1S/C19H29NO3/c1-4-22-19(21)17-9-6-11-20(14-17)12-7-13-23-18-10-5-8-15(2)16(18)3/h5,8,10,17H,4,6-7,9,11-14H2,1-3H3/t17-/m0/s1. The second-order valence-corrected chi connectivity index (χ2v) is 6.29. The van der Waals surface area contributed by atoms with Crippen molar-refractivity contribution in [3.8, 4) is 5.75 Å². The first-order valence-corrected chi connectivity index (χ1v) is 8.69. The van der Waals surface area contributed by atoms with E-state index in [2.05, 4.69) is 24.8 Å². The molecule has 4 nitrogen and oxygen atoms in total. The number of ether oxygens (including phenoxy) is 2. The Morgan fingerprint density at radius 3 is 2.96 bits per heavy atom. The average molecular weight is 319 g/mol. The Labute approximate surface area is 139 Å². The van der Waals surface area contributed by atoms with Crippen LogP contribution >= 0.6 is 0 Å². The van der Waals surface area contributed by atoms with Gasteiger partial charge in [-0.1, -0.05) is 12.1 Å². The molecule has 0 amide bonds. The van der Waals surface area contributed by atoms with E-state index in [1.165, 1.54) is 11.1 Å². The van der Waals surface area contributed by atoms with Crippen LogP contribution in [0.3, 0.4) is 0 Å². The molecule has 0 N–H and O–H groups in total. The highest BCUT2D eigenvalue weighted by Gasteiger charge is 2.26. The summed E-state index contributed by atoms with van der Waals surface area (Å²) in [6, 6.07) is 6.16. The molecule has 0 saturated carbocycles. The summed E-state index contributed by atoms with van der Waals surface area (Å²) >= 11 is 0. The maximum absolute atomic E-state index is 11.9. The van der Waals surface area contributed by atoms with E-state index in [9.17, 15) is 4.79 Å². The first kappa shape index (κ1) is 17.8. The average Bonchev–Trinajstić information content (AvgIpc) is 2.56. The van der Waals surface area contributed by atoms with Gasteiger partial charge in [-0.05, 0) is 63.8 Å². The molecular formula is C19H29NO3. The summed E-state index contributed by atoms with van der Waals surface area (Å²) in [5, 5.41) is 0. The molecule has 1 heterocycles. The highest BCUT2D eigenvalue weighted by Crippen LogP contribution is 2.21. The van der Waals surface area contributed by atoms with E-state index < -0.39 is 0 Å². The minimum atomic E-state index is -0.0381. The zero-order chi connectivity index (χ0) is 16.7. The number of benzene rings is 1. The fourth-order valence-electron chi connectivity index (χ4n) is 3.06. The normalized spacial score (nSPS) is 18.7. The maximum atomic E-state index is 11.9. The van der Waals surface area contributed by atoms with Crippen molar-refractivity contribution in [1.82, 2.24) is 4.90 Å². The van der Waals surface area contributed by atoms with Crippen molar-refractivity contribution < 1.29 is 14.3 Å². The van der Waals surface area contributed by atoms with Gasteiger partial charge in [0.15, 0.2) is 0 Å². The number of piperidine rings is 1. The van der Waals surface area contributed by atoms with Crippen LogP contribution in [0.5, 0.6) is 5.75 Å². The van der Waals surface area contributed by atoms with Gasteiger partial charge in [0.25, 0.3) is 0 Å². The van der Waals surface area contributed by atoms with Crippen molar-refractivity contribution in [3.05, 3.63) is 29.3 Å². The molecular weight excluding hydrogens is 290 g/mol. The quantitative estimate of drug-likeness (QED) is 0.571. The molecule has 1 aliphatic rings. The number of nitrogens with zero attached hydrogens (tertiary/aromatic N) is 1. The van der Waals surface area contributed by atoms with Gasteiger partial charge in [-0.15, -0.1) is 0 Å². The predicted molar refractivity (Wildman–Crippen MR) is 91.8 cm³/mol. The van der Waals surface area contributed by atoms with E-state index >= 15 is 0 Å². The Morgan fingerprint density at radius 2 is 2.17 bits per heavy atom. The van der Waals surface area contributed by atoms with Crippen LogP contribution in [0.25, 0.3) is 0 Å². The van der Waals surface area contributed by atoms with Crippen LogP contribution in [0, 0.1) is 19.8 Å². The molecule has 1 aliphatic heterocycles. The van der Waals surface area contributed by atoms with E-state index in [0.717, 1.165) is 44.6 Å². The lowest BCUT2D eigenvalue weighted by molar-refractivity contribution is -0.149. The Hall–Kier alpha value is -1.55. The molecule has 0 unspecified atom stereocenters. The third-order valence-electron chi connectivity index (χ3n) is 4.56. The molecule has 0 bridgehead atoms. The summed E-state index contributed by atoms with van der Waals surface area (Å²) in [5.41, 5.74) is 2.48. The monoisotopic (exact) mass is 319 g/mol. The third kappa shape index (κ3) is 5.24. The van der Waals surface area contributed by atoms with Crippen molar-refractivity contribution in [2.24, 2.45) is 5.92 Å². The van der Waals surface area contributed by atoms with Crippen LogP contribution in [0.1, 0.15) is 37.3 Å². The maximum Gasteiger partial charge on any atom is 0.310 e. The van der Waals surface area contributed by atoms with Crippen LogP contribution in [0.15, 0.2) is 18.2 Å². The Morgan fingerprint density at radius 1 is 1.35 bits per heavy atom. The van der Waals surface area contributed by atoms with Gasteiger partial charge >= 0.3 is 5.97 Å². The summed E-state index contributed by atoms with van der Waals surface area (Å²) in [5.74, 6) is 0.987. The predicted octanol–water partition coefficient (Wildman–Crippen LogP) is 3.35. The number of aryl methyl sites for hydroxylation is 1. The number of esters is 1. The van der Waals surface area contributed by atoms with Gasteiger partial charge in [-0.2, -0.15) is 0 Å². The van der Waals surface area contributed by atoms with Crippen LogP contribution in [0.4, 0.5) is 0 Å². The smallest absolute Gasteiger partial charge is 0.310 e. The molecule has 4 heteroatoms. The van der Waals surface area contributed by atoms with E-state index in [1.807, 2.05) is 19.1 Å². The number of hydrogen-bond donors (Lipinski definition) is 0. The molecule has 128 valence electrons. The molecule has 1 aromatic carbocycles. The van der Waals surface area contributed by atoms with Crippen molar-refractivity contribution >= 4 is 5.97 Å². The van der Waals surface area contributed by atoms with Crippen molar-refractivity contribution in [2.45, 2.75) is 40.0 Å². The van der Waals surface area contributed by atoms with Crippen LogP contribution < -0.4 is 4.74 Å².